The SMILES string of the molecule is Cc1cc(C)c2c(c1)[C@@H](N(Cc1cc(C(F)(F)F)cc(C(F)(F)F)c1)c1nnn(C)n1)CCCN2CC1CCC(C(=O)O)CC1.[MgH2]. The smallest absolute Gasteiger partial charge is 0.416 e. The van der Waals surface area contributed by atoms with Crippen LogP contribution in [0.5, 0.6) is 0 Å². The Labute approximate surface area is 279 Å². The van der Waals surface area contributed by atoms with Gasteiger partial charge in [-0.25, -0.2) is 0 Å². The van der Waals surface area contributed by atoms with Gasteiger partial charge in [0.2, 0.25) is 0 Å². The van der Waals surface area contributed by atoms with Crippen LogP contribution in [0, 0.1) is 25.7 Å². The number of fused-ring (bicyclic) bond motifs is 1. The van der Waals surface area contributed by atoms with Crippen molar-refractivity contribution in [1.29, 1.82) is 0 Å². The number of nitrogens with zero attached hydrogens (tertiary/aromatic N) is 6. The molecule has 0 saturated heterocycles. The molecule has 0 amide bonds. The summed E-state index contributed by atoms with van der Waals surface area (Å²) in [4.78, 5) is 16.6. The van der Waals surface area contributed by atoms with E-state index in [-0.39, 0.29) is 53.1 Å². The molecule has 1 saturated carbocycles. The van der Waals surface area contributed by atoms with Gasteiger partial charge < -0.3 is 14.9 Å². The minimum absolute atomic E-state index is 0. The monoisotopic (exact) mass is 664 g/mol. The van der Waals surface area contributed by atoms with Crippen molar-refractivity contribution in [2.75, 3.05) is 22.9 Å². The van der Waals surface area contributed by atoms with E-state index in [1.807, 2.05) is 19.9 Å². The summed E-state index contributed by atoms with van der Waals surface area (Å²) < 4.78 is 82.4. The molecule has 0 spiro atoms. The fraction of sp³-hybridized carbons (Fsp3) is 0.548. The summed E-state index contributed by atoms with van der Waals surface area (Å²) in [6, 6.07) is 5.23. The highest BCUT2D eigenvalue weighted by Crippen LogP contribution is 2.43. The second-order valence-corrected chi connectivity index (χ2v) is 12.3. The van der Waals surface area contributed by atoms with Crippen molar-refractivity contribution in [3.63, 3.8) is 0 Å². The van der Waals surface area contributed by atoms with Crippen LogP contribution in [-0.4, -0.2) is 67.4 Å². The van der Waals surface area contributed by atoms with Gasteiger partial charge >= 0.3 is 41.4 Å². The average Bonchev–Trinajstić information content (AvgIpc) is 3.30. The molecule has 1 aliphatic heterocycles. The number of halogens is 6. The van der Waals surface area contributed by atoms with Gasteiger partial charge in [0.25, 0.3) is 5.95 Å². The fourth-order valence-corrected chi connectivity index (χ4v) is 6.85. The van der Waals surface area contributed by atoms with E-state index in [4.69, 9.17) is 0 Å². The Kier molecular flexibility index (Phi) is 10.9. The van der Waals surface area contributed by atoms with Gasteiger partial charge in [0, 0.05) is 25.3 Å². The van der Waals surface area contributed by atoms with Crippen molar-refractivity contribution in [3.05, 3.63) is 63.7 Å². The van der Waals surface area contributed by atoms with Gasteiger partial charge in [-0.15, -0.1) is 5.10 Å². The lowest BCUT2D eigenvalue weighted by molar-refractivity contribution is -0.144. The quantitative estimate of drug-likeness (QED) is 0.238. The molecule has 0 bridgehead atoms. The van der Waals surface area contributed by atoms with E-state index in [1.165, 1.54) is 11.8 Å². The van der Waals surface area contributed by atoms with Crippen LogP contribution < -0.4 is 9.80 Å². The van der Waals surface area contributed by atoms with Crippen LogP contribution in [0.4, 0.5) is 38.0 Å². The second-order valence-electron chi connectivity index (χ2n) is 12.3. The third kappa shape index (κ3) is 8.07. The van der Waals surface area contributed by atoms with Gasteiger partial charge in [-0.05, 0) is 98.4 Å². The minimum Gasteiger partial charge on any atom is -0.481 e. The van der Waals surface area contributed by atoms with E-state index in [0.29, 0.717) is 38.1 Å². The molecule has 8 nitrogen and oxygen atoms in total. The molecule has 1 N–H and O–H groups in total. The van der Waals surface area contributed by atoms with Gasteiger partial charge in [0.1, 0.15) is 0 Å². The standard InChI is InChI=1S/C31H36F6N6O2.Mg.2H/c1-18-11-19(2)27-25(12-18)26(5-4-10-42(27)16-20-6-8-22(9-7-20)28(44)45)43(29-38-40-41(3)39-29)17-21-13-23(30(32,33)34)15-24(14-21)31(35,36)37;;;/h11-15,20,22,26H,4-10,16-17H2,1-3H3,(H,44,45);;;/t20?,22?,26-;;;/m0.../s1. The van der Waals surface area contributed by atoms with Crippen molar-refractivity contribution in [1.82, 2.24) is 20.2 Å². The van der Waals surface area contributed by atoms with Crippen LogP contribution in [0.2, 0.25) is 0 Å². The summed E-state index contributed by atoms with van der Waals surface area (Å²) in [6.07, 6.45) is -5.87. The van der Waals surface area contributed by atoms with Gasteiger partial charge in [-0.2, -0.15) is 31.1 Å². The molecule has 2 aliphatic rings. The molecule has 2 aromatic carbocycles. The Balaban J connectivity index is 0.00000480. The van der Waals surface area contributed by atoms with E-state index >= 15 is 0 Å². The zero-order valence-electron chi connectivity index (χ0n) is 25.3. The summed E-state index contributed by atoms with van der Waals surface area (Å²) >= 11 is 0. The zero-order chi connectivity index (χ0) is 32.7. The summed E-state index contributed by atoms with van der Waals surface area (Å²) in [7, 11) is 1.54. The normalized spacial score (nSPS) is 20.5. The molecule has 1 aliphatic carbocycles. The maximum Gasteiger partial charge on any atom is 0.416 e. The third-order valence-corrected chi connectivity index (χ3v) is 8.86. The van der Waals surface area contributed by atoms with E-state index in [0.717, 1.165) is 53.9 Å². The van der Waals surface area contributed by atoms with Crippen molar-refractivity contribution < 1.29 is 36.2 Å². The largest absolute Gasteiger partial charge is 0.481 e. The van der Waals surface area contributed by atoms with Gasteiger partial charge in [0.05, 0.1) is 30.1 Å². The highest BCUT2D eigenvalue weighted by Gasteiger charge is 2.38. The van der Waals surface area contributed by atoms with Crippen molar-refractivity contribution in [2.45, 2.75) is 77.3 Å². The first-order chi connectivity index (χ1) is 21.1. The number of carbonyl (C=O) groups is 1. The number of carboxylic acid groups (broad SMARTS) is 1. The van der Waals surface area contributed by atoms with Crippen molar-refractivity contribution in [2.24, 2.45) is 18.9 Å². The molecule has 46 heavy (non-hydrogen) atoms. The number of benzene rings is 2. The minimum atomic E-state index is -4.97. The molecule has 5 rings (SSSR count). The fourth-order valence-electron chi connectivity index (χ4n) is 6.85. The van der Waals surface area contributed by atoms with E-state index in [2.05, 4.69) is 26.4 Å². The first kappa shape index (κ1) is 35.8. The number of anilines is 2. The molecule has 248 valence electrons. The maximum atomic E-state index is 13.7. The molecule has 1 fully saturated rings. The number of carboxylic acids is 1. The summed E-state index contributed by atoms with van der Waals surface area (Å²) in [5, 5.41) is 21.8. The first-order valence-electron chi connectivity index (χ1n) is 15.0. The number of hydrogen-bond donors (Lipinski definition) is 1. The van der Waals surface area contributed by atoms with Crippen molar-refractivity contribution >= 4 is 40.7 Å². The lowest BCUT2D eigenvalue weighted by Crippen LogP contribution is -2.34. The van der Waals surface area contributed by atoms with Crippen LogP contribution in [-0.2, 0) is 30.7 Å². The Morgan fingerprint density at radius 3 is 2.13 bits per heavy atom. The Morgan fingerprint density at radius 2 is 1.59 bits per heavy atom. The number of alkyl halides is 6. The van der Waals surface area contributed by atoms with Crippen LogP contribution in [0.25, 0.3) is 0 Å². The third-order valence-electron chi connectivity index (χ3n) is 8.86. The Bertz CT molecular complexity index is 1500. The molecule has 15 heteroatoms. The molecular formula is C31H38F6MgN6O2. The van der Waals surface area contributed by atoms with Crippen LogP contribution in [0.1, 0.15) is 77.9 Å². The van der Waals surface area contributed by atoms with Gasteiger partial charge in [0.15, 0.2) is 0 Å². The number of aromatic nitrogens is 4. The Hall–Kier alpha value is -3.07. The van der Waals surface area contributed by atoms with Crippen LogP contribution >= 0.6 is 0 Å². The molecule has 1 aromatic heterocycles. The van der Waals surface area contributed by atoms with Gasteiger partial charge in [-0.3, -0.25) is 4.79 Å². The first-order valence-corrected chi connectivity index (χ1v) is 15.0. The lowest BCUT2D eigenvalue weighted by Gasteiger charge is -2.36. The summed E-state index contributed by atoms with van der Waals surface area (Å²) in [6.45, 7) is 5.04. The number of aryl methyl sites for hydroxylation is 3. The highest BCUT2D eigenvalue weighted by molar-refractivity contribution is 5.75. The van der Waals surface area contributed by atoms with Crippen LogP contribution in [0.3, 0.4) is 0 Å². The predicted molar refractivity (Wildman–Crippen MR) is 163 cm³/mol. The van der Waals surface area contributed by atoms with Crippen LogP contribution in [0.15, 0.2) is 30.3 Å². The molecule has 3 aromatic rings. The molecule has 0 radical (unpaired) electrons. The topological polar surface area (TPSA) is 87.4 Å². The number of tetrazole rings is 1. The van der Waals surface area contributed by atoms with E-state index in [1.54, 1.807) is 4.90 Å². The number of rotatable bonds is 7. The van der Waals surface area contributed by atoms with E-state index in [9.17, 15) is 36.2 Å². The Morgan fingerprint density at radius 1 is 0.957 bits per heavy atom. The second kappa shape index (κ2) is 14.0. The predicted octanol–water partition coefficient (Wildman–Crippen LogP) is 6.19. The molecular weight excluding hydrogens is 627 g/mol. The molecule has 0 unspecified atom stereocenters. The maximum absolute atomic E-state index is 13.7. The number of hydrogen-bond acceptors (Lipinski definition) is 6. The summed E-state index contributed by atoms with van der Waals surface area (Å²) in [5.74, 6) is -0.690. The number of aliphatic carboxylic acids is 1. The van der Waals surface area contributed by atoms with Crippen molar-refractivity contribution in [3.8, 4) is 0 Å². The van der Waals surface area contributed by atoms with Gasteiger partial charge in [-0.1, -0.05) is 22.8 Å². The van der Waals surface area contributed by atoms with E-state index < -0.39 is 35.5 Å². The molecule has 2 heterocycles. The lowest BCUT2D eigenvalue weighted by atomic mass is 9.81. The summed E-state index contributed by atoms with van der Waals surface area (Å²) in [5.41, 5.74) is 0.892. The zero-order valence-corrected chi connectivity index (χ0v) is 25.3. The average molecular weight is 665 g/mol. The highest BCUT2D eigenvalue weighted by atomic mass is 24.3. The molecule has 1 atom stereocenters.